The first-order valence-electron chi connectivity index (χ1n) is 10.1. The zero-order valence-electron chi connectivity index (χ0n) is 17.2. The molecule has 3 aromatic rings. The molecule has 0 unspecified atom stereocenters. The monoisotopic (exact) mass is 450 g/mol. The lowest BCUT2D eigenvalue weighted by atomic mass is 10.1. The predicted molar refractivity (Wildman–Crippen MR) is 128 cm³/mol. The third-order valence-electron chi connectivity index (χ3n) is 5.43. The highest BCUT2D eigenvalue weighted by Gasteiger charge is 2.32. The minimum absolute atomic E-state index is 0.0245. The van der Waals surface area contributed by atoms with Crippen molar-refractivity contribution in [3.05, 3.63) is 100 Å². The Bertz CT molecular complexity index is 1090. The fraction of sp³-hybridized carbons (Fsp3) is 0.200. The summed E-state index contributed by atoms with van der Waals surface area (Å²) in [7, 11) is 0. The van der Waals surface area contributed by atoms with Gasteiger partial charge in [-0.15, -0.1) is 11.8 Å². The molecule has 0 spiro atoms. The van der Waals surface area contributed by atoms with Crippen molar-refractivity contribution in [2.75, 3.05) is 17.6 Å². The first kappa shape index (κ1) is 21.5. The third-order valence-corrected chi connectivity index (χ3v) is 7.09. The average Bonchev–Trinajstić information content (AvgIpc) is 3.16. The molecule has 0 bridgehead atoms. The standard InChI is InChI=1S/C25H23ClN2O2S/c1-17-21(26)8-5-9-22(17)27-24(30)19-10-12-20(13-11-19)25-28(23(29)16-31-25)15-14-18-6-3-2-4-7-18/h2-13,25H,14-16H2,1H3,(H,27,30)/t25-/m0/s1. The maximum atomic E-state index is 12.7. The maximum absolute atomic E-state index is 12.7. The molecule has 1 heterocycles. The summed E-state index contributed by atoms with van der Waals surface area (Å²) in [6.07, 6.45) is 0.823. The number of amides is 2. The van der Waals surface area contributed by atoms with Crippen molar-refractivity contribution in [2.45, 2.75) is 18.7 Å². The molecule has 4 rings (SSSR count). The van der Waals surface area contributed by atoms with Gasteiger partial charge in [-0.2, -0.15) is 0 Å². The second-order valence-corrected chi connectivity index (χ2v) is 8.95. The van der Waals surface area contributed by atoms with Crippen LogP contribution in [0.15, 0.2) is 72.8 Å². The van der Waals surface area contributed by atoms with Crippen LogP contribution >= 0.6 is 23.4 Å². The quantitative estimate of drug-likeness (QED) is 0.522. The fourth-order valence-electron chi connectivity index (χ4n) is 3.60. The Morgan fingerprint density at radius 2 is 1.81 bits per heavy atom. The average molecular weight is 451 g/mol. The molecule has 1 aliphatic heterocycles. The number of nitrogens with zero attached hydrogens (tertiary/aromatic N) is 1. The van der Waals surface area contributed by atoms with E-state index in [0.29, 0.717) is 28.6 Å². The smallest absolute Gasteiger partial charge is 0.255 e. The van der Waals surface area contributed by atoms with E-state index in [1.807, 2.05) is 66.4 Å². The number of carbonyl (C=O) groups is 2. The Labute approximate surface area is 191 Å². The van der Waals surface area contributed by atoms with Gasteiger partial charge in [0.1, 0.15) is 5.37 Å². The number of anilines is 1. The van der Waals surface area contributed by atoms with Crippen molar-refractivity contribution in [3.63, 3.8) is 0 Å². The highest BCUT2D eigenvalue weighted by Crippen LogP contribution is 2.38. The van der Waals surface area contributed by atoms with Gasteiger partial charge in [0.2, 0.25) is 5.91 Å². The number of rotatable bonds is 6. The summed E-state index contributed by atoms with van der Waals surface area (Å²) in [4.78, 5) is 27.0. The Morgan fingerprint density at radius 1 is 1.06 bits per heavy atom. The van der Waals surface area contributed by atoms with E-state index in [9.17, 15) is 9.59 Å². The van der Waals surface area contributed by atoms with Gasteiger partial charge >= 0.3 is 0 Å². The molecule has 2 amide bonds. The van der Waals surface area contributed by atoms with Crippen LogP contribution in [0.5, 0.6) is 0 Å². The lowest BCUT2D eigenvalue weighted by molar-refractivity contribution is -0.128. The number of halogens is 1. The van der Waals surface area contributed by atoms with E-state index >= 15 is 0 Å². The molecule has 158 valence electrons. The summed E-state index contributed by atoms with van der Waals surface area (Å²) in [5, 5.41) is 3.51. The van der Waals surface area contributed by atoms with Crippen molar-refractivity contribution >= 4 is 40.9 Å². The van der Waals surface area contributed by atoms with Gasteiger partial charge in [0.25, 0.3) is 5.91 Å². The van der Waals surface area contributed by atoms with Crippen LogP contribution in [-0.4, -0.2) is 29.0 Å². The number of carbonyl (C=O) groups excluding carboxylic acids is 2. The lowest BCUT2D eigenvalue weighted by Crippen LogP contribution is -2.30. The molecule has 6 heteroatoms. The topological polar surface area (TPSA) is 49.4 Å². The SMILES string of the molecule is Cc1c(Cl)cccc1NC(=O)c1ccc([C@@H]2SCC(=O)N2CCc2ccccc2)cc1. The van der Waals surface area contributed by atoms with E-state index in [-0.39, 0.29) is 17.2 Å². The second kappa shape index (κ2) is 9.58. The first-order chi connectivity index (χ1) is 15.0. The predicted octanol–water partition coefficient (Wildman–Crippen LogP) is 5.72. The van der Waals surface area contributed by atoms with Gasteiger partial charge in [-0.1, -0.05) is 60.1 Å². The molecular weight excluding hydrogens is 428 g/mol. The normalized spacial score (nSPS) is 15.9. The minimum atomic E-state index is -0.187. The highest BCUT2D eigenvalue weighted by molar-refractivity contribution is 8.00. The van der Waals surface area contributed by atoms with E-state index in [4.69, 9.17) is 11.6 Å². The molecule has 0 saturated carbocycles. The van der Waals surface area contributed by atoms with Crippen LogP contribution in [0.25, 0.3) is 0 Å². The molecule has 0 aliphatic carbocycles. The molecule has 31 heavy (non-hydrogen) atoms. The summed E-state index contributed by atoms with van der Waals surface area (Å²) in [5.41, 5.74) is 4.34. The summed E-state index contributed by atoms with van der Waals surface area (Å²) >= 11 is 7.77. The Balaban J connectivity index is 1.44. The van der Waals surface area contributed by atoms with Gasteiger partial charge < -0.3 is 10.2 Å². The first-order valence-corrected chi connectivity index (χ1v) is 11.6. The van der Waals surface area contributed by atoms with Crippen LogP contribution in [0.4, 0.5) is 5.69 Å². The Kier molecular flexibility index (Phi) is 6.64. The van der Waals surface area contributed by atoms with Crippen molar-refractivity contribution in [3.8, 4) is 0 Å². The number of hydrogen-bond acceptors (Lipinski definition) is 3. The molecule has 3 aromatic carbocycles. The van der Waals surface area contributed by atoms with Gasteiger partial charge in [0.15, 0.2) is 0 Å². The Hall–Kier alpha value is -2.76. The van der Waals surface area contributed by atoms with E-state index < -0.39 is 0 Å². The zero-order valence-corrected chi connectivity index (χ0v) is 18.7. The van der Waals surface area contributed by atoms with Gasteiger partial charge in [0, 0.05) is 22.8 Å². The van der Waals surface area contributed by atoms with Crippen molar-refractivity contribution < 1.29 is 9.59 Å². The second-order valence-electron chi connectivity index (χ2n) is 7.47. The van der Waals surface area contributed by atoms with Crippen LogP contribution < -0.4 is 5.32 Å². The summed E-state index contributed by atoms with van der Waals surface area (Å²) < 4.78 is 0. The van der Waals surface area contributed by atoms with Gasteiger partial charge in [0.05, 0.1) is 5.75 Å². The van der Waals surface area contributed by atoms with E-state index in [2.05, 4.69) is 17.4 Å². The third kappa shape index (κ3) is 4.94. The molecule has 0 radical (unpaired) electrons. The van der Waals surface area contributed by atoms with E-state index in [1.165, 1.54) is 5.56 Å². The molecule has 1 aliphatic rings. The van der Waals surface area contributed by atoms with Crippen molar-refractivity contribution in [1.29, 1.82) is 0 Å². The van der Waals surface area contributed by atoms with Crippen LogP contribution in [0, 0.1) is 6.92 Å². The maximum Gasteiger partial charge on any atom is 0.255 e. The summed E-state index contributed by atoms with van der Waals surface area (Å²) in [5.74, 6) is 0.451. The van der Waals surface area contributed by atoms with Gasteiger partial charge in [-0.3, -0.25) is 9.59 Å². The summed E-state index contributed by atoms with van der Waals surface area (Å²) in [6, 6.07) is 23.1. The zero-order chi connectivity index (χ0) is 21.8. The van der Waals surface area contributed by atoms with Crippen molar-refractivity contribution in [2.24, 2.45) is 0 Å². The molecule has 0 aromatic heterocycles. The van der Waals surface area contributed by atoms with Crippen LogP contribution in [0.1, 0.15) is 32.4 Å². The number of hydrogen-bond donors (Lipinski definition) is 1. The number of nitrogens with one attached hydrogen (secondary N) is 1. The molecule has 1 N–H and O–H groups in total. The van der Waals surface area contributed by atoms with Crippen LogP contribution in [0.2, 0.25) is 5.02 Å². The summed E-state index contributed by atoms with van der Waals surface area (Å²) in [6.45, 7) is 2.55. The fourth-order valence-corrected chi connectivity index (χ4v) is 5.00. The molecule has 1 fully saturated rings. The van der Waals surface area contributed by atoms with Gasteiger partial charge in [-0.25, -0.2) is 0 Å². The van der Waals surface area contributed by atoms with E-state index in [0.717, 1.165) is 17.5 Å². The number of benzene rings is 3. The number of thioether (sulfide) groups is 1. The lowest BCUT2D eigenvalue weighted by Gasteiger charge is -2.24. The largest absolute Gasteiger partial charge is 0.326 e. The van der Waals surface area contributed by atoms with Crippen LogP contribution in [0.3, 0.4) is 0 Å². The molecule has 4 nitrogen and oxygen atoms in total. The van der Waals surface area contributed by atoms with Crippen molar-refractivity contribution in [1.82, 2.24) is 4.90 Å². The van der Waals surface area contributed by atoms with Gasteiger partial charge in [-0.05, 0) is 54.3 Å². The minimum Gasteiger partial charge on any atom is -0.326 e. The molecular formula is C25H23ClN2O2S. The van der Waals surface area contributed by atoms with E-state index in [1.54, 1.807) is 17.8 Å². The molecule has 1 atom stereocenters. The molecule has 1 saturated heterocycles. The Morgan fingerprint density at radius 3 is 2.55 bits per heavy atom. The highest BCUT2D eigenvalue weighted by atomic mass is 35.5. The van der Waals surface area contributed by atoms with Crippen LogP contribution in [-0.2, 0) is 11.2 Å².